The first-order valence-corrected chi connectivity index (χ1v) is 6.55. The largest absolute Gasteiger partial charge is 0.398 e. The lowest BCUT2D eigenvalue weighted by molar-refractivity contribution is 0.0951. The highest BCUT2D eigenvalue weighted by Gasteiger charge is 2.07. The van der Waals surface area contributed by atoms with E-state index in [1.807, 2.05) is 25.1 Å². The van der Waals surface area contributed by atoms with Crippen LogP contribution in [0.1, 0.15) is 27.0 Å². The molecule has 2 rings (SSSR count). The van der Waals surface area contributed by atoms with Gasteiger partial charge in [-0.2, -0.15) is 0 Å². The molecule has 2 aromatic carbocycles. The molecule has 0 bridgehead atoms. The van der Waals surface area contributed by atoms with Crippen LogP contribution < -0.4 is 16.8 Å². The van der Waals surface area contributed by atoms with Crippen molar-refractivity contribution in [3.8, 4) is 0 Å². The van der Waals surface area contributed by atoms with Crippen molar-refractivity contribution in [2.24, 2.45) is 5.73 Å². The van der Waals surface area contributed by atoms with Crippen molar-refractivity contribution in [2.75, 3.05) is 5.73 Å². The van der Waals surface area contributed by atoms with Crippen LogP contribution in [0.5, 0.6) is 0 Å². The van der Waals surface area contributed by atoms with Crippen molar-refractivity contribution in [1.29, 1.82) is 5.41 Å². The topological polar surface area (TPSA) is 105 Å². The number of amides is 1. The quantitative estimate of drug-likeness (QED) is 0.390. The molecule has 0 saturated heterocycles. The number of rotatable bonds is 4. The number of nitrogen functional groups attached to an aromatic ring is 2. The standard InChI is InChI=1S/C16H18N4O/c1-10-3-2-4-12(7-10)16(21)20-9-13-6-5-11(15(18)19)8-14(13)17/h2-8H,9,17H2,1H3,(H3,18,19)(H,20,21). The molecule has 0 aliphatic carbocycles. The number of nitrogens with two attached hydrogens (primary N) is 2. The molecule has 0 saturated carbocycles. The van der Waals surface area contributed by atoms with Crippen LogP contribution in [0.2, 0.25) is 0 Å². The smallest absolute Gasteiger partial charge is 0.251 e. The lowest BCUT2D eigenvalue weighted by Gasteiger charge is -2.09. The van der Waals surface area contributed by atoms with Crippen molar-refractivity contribution in [1.82, 2.24) is 5.32 Å². The summed E-state index contributed by atoms with van der Waals surface area (Å²) in [5, 5.41) is 10.2. The molecular weight excluding hydrogens is 264 g/mol. The van der Waals surface area contributed by atoms with Gasteiger partial charge in [-0.15, -0.1) is 0 Å². The Morgan fingerprint density at radius 1 is 1.19 bits per heavy atom. The highest BCUT2D eigenvalue weighted by molar-refractivity contribution is 5.96. The summed E-state index contributed by atoms with van der Waals surface area (Å²) in [6.07, 6.45) is 0. The lowest BCUT2D eigenvalue weighted by atomic mass is 10.1. The second kappa shape index (κ2) is 6.09. The molecule has 0 spiro atoms. The Bertz CT molecular complexity index is 694. The summed E-state index contributed by atoms with van der Waals surface area (Å²) in [4.78, 5) is 12.1. The average molecular weight is 282 g/mol. The van der Waals surface area contributed by atoms with E-state index >= 15 is 0 Å². The fourth-order valence-corrected chi connectivity index (χ4v) is 1.99. The van der Waals surface area contributed by atoms with Gasteiger partial charge in [0.15, 0.2) is 0 Å². The Kier molecular flexibility index (Phi) is 4.23. The molecule has 0 fully saturated rings. The first kappa shape index (κ1) is 14.6. The van der Waals surface area contributed by atoms with Crippen molar-refractivity contribution in [3.05, 3.63) is 64.7 Å². The van der Waals surface area contributed by atoms with Crippen LogP contribution in [0.4, 0.5) is 5.69 Å². The molecule has 5 nitrogen and oxygen atoms in total. The molecule has 0 unspecified atom stereocenters. The molecule has 0 aromatic heterocycles. The van der Waals surface area contributed by atoms with Gasteiger partial charge in [-0.25, -0.2) is 0 Å². The maximum absolute atomic E-state index is 12.1. The summed E-state index contributed by atoms with van der Waals surface area (Å²) in [6, 6.07) is 12.5. The maximum atomic E-state index is 12.1. The fraction of sp³-hybridized carbons (Fsp3) is 0.125. The molecule has 0 heterocycles. The zero-order valence-corrected chi connectivity index (χ0v) is 11.8. The molecule has 0 radical (unpaired) electrons. The van der Waals surface area contributed by atoms with Crippen LogP contribution in [0.25, 0.3) is 0 Å². The fourth-order valence-electron chi connectivity index (χ4n) is 1.99. The normalized spacial score (nSPS) is 10.1. The van der Waals surface area contributed by atoms with Gasteiger partial charge in [-0.05, 0) is 30.7 Å². The predicted molar refractivity (Wildman–Crippen MR) is 84.2 cm³/mol. The van der Waals surface area contributed by atoms with Gasteiger partial charge in [-0.3, -0.25) is 10.2 Å². The van der Waals surface area contributed by atoms with Crippen LogP contribution in [-0.2, 0) is 6.54 Å². The van der Waals surface area contributed by atoms with Crippen molar-refractivity contribution < 1.29 is 4.79 Å². The highest BCUT2D eigenvalue weighted by Crippen LogP contribution is 2.14. The van der Waals surface area contributed by atoms with Crippen LogP contribution in [0.15, 0.2) is 42.5 Å². The van der Waals surface area contributed by atoms with Gasteiger partial charge in [0.2, 0.25) is 0 Å². The minimum Gasteiger partial charge on any atom is -0.398 e. The molecule has 1 amide bonds. The van der Waals surface area contributed by atoms with Crippen molar-refractivity contribution in [3.63, 3.8) is 0 Å². The van der Waals surface area contributed by atoms with E-state index in [0.717, 1.165) is 11.1 Å². The molecule has 21 heavy (non-hydrogen) atoms. The van der Waals surface area contributed by atoms with Crippen LogP contribution >= 0.6 is 0 Å². The van der Waals surface area contributed by atoms with E-state index in [1.165, 1.54) is 0 Å². The minimum absolute atomic E-state index is 0.0305. The summed E-state index contributed by atoms with van der Waals surface area (Å²) in [5.41, 5.74) is 14.8. The van der Waals surface area contributed by atoms with Gasteiger partial charge in [0.05, 0.1) is 0 Å². The van der Waals surface area contributed by atoms with Gasteiger partial charge >= 0.3 is 0 Å². The number of benzene rings is 2. The number of carbonyl (C=O) groups excluding carboxylic acids is 1. The minimum atomic E-state index is -0.145. The highest BCUT2D eigenvalue weighted by atomic mass is 16.1. The van der Waals surface area contributed by atoms with Gasteiger partial charge in [0.25, 0.3) is 5.91 Å². The third-order valence-electron chi connectivity index (χ3n) is 3.18. The molecule has 0 aliphatic heterocycles. The number of carbonyl (C=O) groups is 1. The Morgan fingerprint density at radius 3 is 2.57 bits per heavy atom. The summed E-state index contributed by atoms with van der Waals surface area (Å²) in [5.74, 6) is -0.175. The number of nitrogens with one attached hydrogen (secondary N) is 2. The van der Waals surface area contributed by atoms with E-state index in [2.05, 4.69) is 5.32 Å². The molecule has 5 heteroatoms. The number of aryl methyl sites for hydroxylation is 1. The third kappa shape index (κ3) is 3.60. The third-order valence-corrected chi connectivity index (χ3v) is 3.18. The molecular formula is C16H18N4O. The van der Waals surface area contributed by atoms with Gasteiger partial charge in [0.1, 0.15) is 5.84 Å². The predicted octanol–water partition coefficient (Wildman–Crippen LogP) is 1.79. The summed E-state index contributed by atoms with van der Waals surface area (Å²) >= 11 is 0. The monoisotopic (exact) mass is 282 g/mol. The van der Waals surface area contributed by atoms with E-state index in [9.17, 15) is 4.79 Å². The first-order chi connectivity index (χ1) is 9.97. The van der Waals surface area contributed by atoms with Crippen molar-refractivity contribution >= 4 is 17.4 Å². The summed E-state index contributed by atoms with van der Waals surface area (Å²) in [7, 11) is 0. The van der Waals surface area contributed by atoms with E-state index in [0.29, 0.717) is 23.4 Å². The summed E-state index contributed by atoms with van der Waals surface area (Å²) in [6.45, 7) is 2.27. The number of hydrogen-bond acceptors (Lipinski definition) is 3. The van der Waals surface area contributed by atoms with Crippen molar-refractivity contribution in [2.45, 2.75) is 13.5 Å². The van der Waals surface area contributed by atoms with Gasteiger partial charge < -0.3 is 16.8 Å². The SMILES string of the molecule is Cc1cccc(C(=O)NCc2ccc(C(=N)N)cc2N)c1. The van der Waals surface area contributed by atoms with Crippen LogP contribution in [-0.4, -0.2) is 11.7 Å². The van der Waals surface area contributed by atoms with E-state index in [4.69, 9.17) is 16.9 Å². The molecule has 6 N–H and O–H groups in total. The first-order valence-electron chi connectivity index (χ1n) is 6.55. The van der Waals surface area contributed by atoms with Gasteiger partial charge in [0, 0.05) is 23.4 Å². The molecule has 0 atom stereocenters. The summed E-state index contributed by atoms with van der Waals surface area (Å²) < 4.78 is 0. The van der Waals surface area contributed by atoms with Crippen LogP contribution in [0.3, 0.4) is 0 Å². The number of anilines is 1. The zero-order chi connectivity index (χ0) is 15.4. The number of amidine groups is 1. The Labute approximate surface area is 123 Å². The second-order valence-corrected chi connectivity index (χ2v) is 4.88. The van der Waals surface area contributed by atoms with Gasteiger partial charge in [-0.1, -0.05) is 29.8 Å². The average Bonchev–Trinajstić information content (AvgIpc) is 2.45. The zero-order valence-electron chi connectivity index (χ0n) is 11.8. The Balaban J connectivity index is 2.06. The Morgan fingerprint density at radius 2 is 1.95 bits per heavy atom. The van der Waals surface area contributed by atoms with E-state index in [-0.39, 0.29) is 11.7 Å². The van der Waals surface area contributed by atoms with Crippen LogP contribution in [0, 0.1) is 12.3 Å². The molecule has 108 valence electrons. The maximum Gasteiger partial charge on any atom is 0.251 e. The molecule has 0 aliphatic rings. The number of hydrogen-bond donors (Lipinski definition) is 4. The van der Waals surface area contributed by atoms with E-state index in [1.54, 1.807) is 24.3 Å². The van der Waals surface area contributed by atoms with E-state index < -0.39 is 0 Å². The lowest BCUT2D eigenvalue weighted by Crippen LogP contribution is -2.23. The Hall–Kier alpha value is -2.82. The second-order valence-electron chi connectivity index (χ2n) is 4.88. The molecule has 2 aromatic rings.